The van der Waals surface area contributed by atoms with Crippen LogP contribution in [0.2, 0.25) is 0 Å². The Morgan fingerprint density at radius 2 is 1.96 bits per heavy atom. The highest BCUT2D eigenvalue weighted by Gasteiger charge is 2.26. The number of likely N-dealkylation sites (tertiary alicyclic amines) is 1. The summed E-state index contributed by atoms with van der Waals surface area (Å²) in [6.45, 7) is 9.25. The number of rotatable bonds is 6. The van der Waals surface area contributed by atoms with Gasteiger partial charge in [0.1, 0.15) is 0 Å². The van der Waals surface area contributed by atoms with Crippen molar-refractivity contribution in [1.29, 1.82) is 0 Å². The second kappa shape index (κ2) is 7.41. The van der Waals surface area contributed by atoms with Crippen LogP contribution in [0, 0.1) is 12.8 Å². The van der Waals surface area contributed by atoms with Crippen LogP contribution in [-0.2, 0) is 6.42 Å². The van der Waals surface area contributed by atoms with E-state index in [9.17, 15) is 14.7 Å². The average molecular weight is 320 g/mol. The maximum atomic E-state index is 12.7. The van der Waals surface area contributed by atoms with E-state index < -0.39 is 0 Å². The number of carbonyl (C=O) groups is 2. The van der Waals surface area contributed by atoms with Gasteiger partial charge in [0, 0.05) is 11.3 Å². The number of carbonyl (C=O) groups excluding carboxylic acids is 2. The maximum Gasteiger partial charge on any atom is 0.193 e. The van der Waals surface area contributed by atoms with Crippen molar-refractivity contribution < 1.29 is 14.7 Å². The molecule has 1 fully saturated rings. The molecule has 1 aromatic heterocycles. The highest BCUT2D eigenvalue weighted by atomic mass is 16.3. The van der Waals surface area contributed by atoms with Crippen molar-refractivity contribution in [2.45, 2.75) is 53.1 Å². The number of aryl methyl sites for hydroxylation is 1. The molecule has 0 spiro atoms. The van der Waals surface area contributed by atoms with E-state index in [-0.39, 0.29) is 17.7 Å². The molecular weight excluding hydrogens is 292 g/mol. The molecule has 5 heteroatoms. The fourth-order valence-electron chi connectivity index (χ4n) is 3.62. The van der Waals surface area contributed by atoms with Crippen LogP contribution in [0.15, 0.2) is 0 Å². The predicted molar refractivity (Wildman–Crippen MR) is 90.1 cm³/mol. The van der Waals surface area contributed by atoms with E-state index in [0.29, 0.717) is 30.1 Å². The molecule has 2 N–H and O–H groups in total. The molecule has 0 aliphatic carbocycles. The second-order valence-electron chi connectivity index (χ2n) is 6.67. The van der Waals surface area contributed by atoms with Crippen molar-refractivity contribution in [2.24, 2.45) is 5.92 Å². The van der Waals surface area contributed by atoms with Crippen molar-refractivity contribution in [3.05, 3.63) is 22.5 Å². The third-order valence-electron chi connectivity index (χ3n) is 4.96. The SMILES string of the molecule is CCc1c(C(=O)CN2CCC(C(C)O)CC2)[nH]c(C)c1C(C)=O. The predicted octanol–water partition coefficient (Wildman–Crippen LogP) is 2.36. The highest BCUT2D eigenvalue weighted by molar-refractivity contribution is 6.04. The molecule has 2 rings (SSSR count). The third-order valence-corrected chi connectivity index (χ3v) is 4.96. The van der Waals surface area contributed by atoms with Crippen LogP contribution in [0.3, 0.4) is 0 Å². The fourth-order valence-corrected chi connectivity index (χ4v) is 3.62. The quantitative estimate of drug-likeness (QED) is 0.789. The molecule has 1 unspecified atom stereocenters. The minimum absolute atomic E-state index is 0.00685. The Kier molecular flexibility index (Phi) is 5.76. The number of aliphatic hydroxyl groups is 1. The highest BCUT2D eigenvalue weighted by Crippen LogP contribution is 2.23. The van der Waals surface area contributed by atoms with Gasteiger partial charge in [0.2, 0.25) is 0 Å². The van der Waals surface area contributed by atoms with E-state index in [0.717, 1.165) is 37.2 Å². The van der Waals surface area contributed by atoms with Gasteiger partial charge in [-0.1, -0.05) is 6.92 Å². The molecule has 1 aliphatic rings. The zero-order valence-corrected chi connectivity index (χ0v) is 14.6. The first-order chi connectivity index (χ1) is 10.8. The van der Waals surface area contributed by atoms with Gasteiger partial charge in [0.05, 0.1) is 18.3 Å². The summed E-state index contributed by atoms with van der Waals surface area (Å²) in [6.07, 6.45) is 2.25. The zero-order valence-electron chi connectivity index (χ0n) is 14.6. The molecule has 0 aromatic carbocycles. The van der Waals surface area contributed by atoms with Gasteiger partial charge in [0.15, 0.2) is 11.6 Å². The van der Waals surface area contributed by atoms with E-state index in [1.165, 1.54) is 0 Å². The summed E-state index contributed by atoms with van der Waals surface area (Å²) in [5.74, 6) is 0.393. The van der Waals surface area contributed by atoms with Gasteiger partial charge >= 0.3 is 0 Å². The number of hydrogen-bond acceptors (Lipinski definition) is 4. The van der Waals surface area contributed by atoms with Crippen molar-refractivity contribution >= 4 is 11.6 Å². The van der Waals surface area contributed by atoms with Crippen LogP contribution >= 0.6 is 0 Å². The molecular formula is C18H28N2O3. The van der Waals surface area contributed by atoms with Crippen molar-refractivity contribution in [2.75, 3.05) is 19.6 Å². The lowest BCUT2D eigenvalue weighted by molar-refractivity contribution is 0.0662. The summed E-state index contributed by atoms with van der Waals surface area (Å²) in [5, 5.41) is 9.65. The molecule has 1 saturated heterocycles. The van der Waals surface area contributed by atoms with Crippen LogP contribution in [0.5, 0.6) is 0 Å². The number of hydrogen-bond donors (Lipinski definition) is 2. The summed E-state index contributed by atoms with van der Waals surface area (Å²) in [7, 11) is 0. The van der Waals surface area contributed by atoms with Gasteiger partial charge in [-0.05, 0) is 64.6 Å². The van der Waals surface area contributed by atoms with Crippen LogP contribution in [0.25, 0.3) is 0 Å². The lowest BCUT2D eigenvalue weighted by Gasteiger charge is -2.32. The van der Waals surface area contributed by atoms with Gasteiger partial charge in [-0.15, -0.1) is 0 Å². The topological polar surface area (TPSA) is 73.4 Å². The third kappa shape index (κ3) is 3.90. The van der Waals surface area contributed by atoms with Gasteiger partial charge in [0.25, 0.3) is 0 Å². The van der Waals surface area contributed by atoms with Crippen LogP contribution < -0.4 is 0 Å². The number of aromatic nitrogens is 1. The monoisotopic (exact) mass is 320 g/mol. The van der Waals surface area contributed by atoms with E-state index in [2.05, 4.69) is 9.88 Å². The normalized spacial score (nSPS) is 18.1. The Morgan fingerprint density at radius 3 is 2.43 bits per heavy atom. The Morgan fingerprint density at radius 1 is 1.35 bits per heavy atom. The molecule has 23 heavy (non-hydrogen) atoms. The minimum Gasteiger partial charge on any atom is -0.393 e. The maximum absolute atomic E-state index is 12.7. The summed E-state index contributed by atoms with van der Waals surface area (Å²) in [4.78, 5) is 29.7. The minimum atomic E-state index is -0.274. The number of ketones is 2. The first-order valence-electron chi connectivity index (χ1n) is 8.51. The summed E-state index contributed by atoms with van der Waals surface area (Å²) in [5.41, 5.74) is 2.89. The Bertz CT molecular complexity index is 581. The van der Waals surface area contributed by atoms with Gasteiger partial charge < -0.3 is 10.1 Å². The van der Waals surface area contributed by atoms with Crippen LogP contribution in [-0.4, -0.2) is 52.3 Å². The molecule has 0 radical (unpaired) electrons. The Hall–Kier alpha value is -1.46. The molecule has 2 heterocycles. The average Bonchev–Trinajstić information content (AvgIpc) is 2.84. The number of aliphatic hydroxyl groups excluding tert-OH is 1. The number of nitrogens with zero attached hydrogens (tertiary/aromatic N) is 1. The lowest BCUT2D eigenvalue weighted by Crippen LogP contribution is -2.40. The first kappa shape index (κ1) is 17.9. The van der Waals surface area contributed by atoms with Gasteiger partial charge in [-0.25, -0.2) is 0 Å². The van der Waals surface area contributed by atoms with Crippen molar-refractivity contribution in [1.82, 2.24) is 9.88 Å². The molecule has 5 nitrogen and oxygen atoms in total. The van der Waals surface area contributed by atoms with Crippen LogP contribution in [0.1, 0.15) is 65.7 Å². The molecule has 0 bridgehead atoms. The van der Waals surface area contributed by atoms with Gasteiger partial charge in [-0.3, -0.25) is 14.5 Å². The molecule has 0 saturated carbocycles. The standard InChI is InChI=1S/C18H28N2O3/c1-5-15-17(13(4)22)11(2)19-18(15)16(23)10-20-8-6-14(7-9-20)12(3)21/h12,14,19,21H,5-10H2,1-4H3. The van der Waals surface area contributed by atoms with E-state index in [1.54, 1.807) is 6.92 Å². The molecule has 1 atom stereocenters. The van der Waals surface area contributed by atoms with Crippen molar-refractivity contribution in [3.8, 4) is 0 Å². The smallest absolute Gasteiger partial charge is 0.193 e. The Labute approximate surface area is 138 Å². The first-order valence-corrected chi connectivity index (χ1v) is 8.51. The molecule has 1 aliphatic heterocycles. The number of aromatic amines is 1. The van der Waals surface area contributed by atoms with Crippen molar-refractivity contribution in [3.63, 3.8) is 0 Å². The molecule has 0 amide bonds. The summed E-state index contributed by atoms with van der Waals surface area (Å²) >= 11 is 0. The summed E-state index contributed by atoms with van der Waals surface area (Å²) < 4.78 is 0. The second-order valence-corrected chi connectivity index (χ2v) is 6.67. The molecule has 128 valence electrons. The van der Waals surface area contributed by atoms with E-state index >= 15 is 0 Å². The lowest BCUT2D eigenvalue weighted by atomic mass is 9.92. The largest absolute Gasteiger partial charge is 0.393 e. The number of Topliss-reactive ketones (excluding diaryl/α,β-unsaturated/α-hetero) is 2. The van der Waals surface area contributed by atoms with Crippen LogP contribution in [0.4, 0.5) is 0 Å². The van der Waals surface area contributed by atoms with E-state index in [1.807, 2.05) is 20.8 Å². The number of H-pyrrole nitrogens is 1. The number of nitrogens with one attached hydrogen (secondary N) is 1. The van der Waals surface area contributed by atoms with E-state index in [4.69, 9.17) is 0 Å². The van der Waals surface area contributed by atoms with Gasteiger partial charge in [-0.2, -0.15) is 0 Å². The zero-order chi connectivity index (χ0) is 17.1. The Balaban J connectivity index is 2.07. The fraction of sp³-hybridized carbons (Fsp3) is 0.667. The number of piperidine rings is 1. The summed E-state index contributed by atoms with van der Waals surface area (Å²) in [6, 6.07) is 0. The molecule has 1 aromatic rings.